The zero-order valence-corrected chi connectivity index (χ0v) is 17.3. The molecule has 3 aromatic rings. The van der Waals surface area contributed by atoms with E-state index in [1.54, 1.807) is 23.0 Å². The number of carbonyl (C=O) groups excluding carboxylic acids is 2. The van der Waals surface area contributed by atoms with E-state index in [9.17, 15) is 22.8 Å². The fraction of sp³-hybridized carbons (Fsp3) is 0.238. The first-order chi connectivity index (χ1) is 15.3. The number of benzene rings is 2. The zero-order chi connectivity index (χ0) is 23.3. The molecule has 0 spiro atoms. The van der Waals surface area contributed by atoms with Gasteiger partial charge in [-0.3, -0.25) is 14.5 Å². The van der Waals surface area contributed by atoms with E-state index in [1.807, 2.05) is 31.2 Å². The van der Waals surface area contributed by atoms with E-state index >= 15 is 0 Å². The number of amides is 2. The maximum atomic E-state index is 13.6. The van der Waals surface area contributed by atoms with Crippen LogP contribution in [0, 0.1) is 17.5 Å². The van der Waals surface area contributed by atoms with Crippen LogP contribution in [0.25, 0.3) is 5.69 Å². The largest absolute Gasteiger partial charge is 0.346 e. The van der Waals surface area contributed by atoms with Crippen LogP contribution in [-0.2, 0) is 9.59 Å². The number of hydrogen-bond acceptors (Lipinski definition) is 5. The molecule has 0 bridgehead atoms. The van der Waals surface area contributed by atoms with Crippen molar-refractivity contribution in [2.75, 3.05) is 25.5 Å². The summed E-state index contributed by atoms with van der Waals surface area (Å²) in [6.45, 7) is 1.47. The van der Waals surface area contributed by atoms with Crippen LogP contribution in [-0.4, -0.2) is 51.6 Å². The third-order valence-electron chi connectivity index (χ3n) is 4.87. The van der Waals surface area contributed by atoms with E-state index in [1.165, 1.54) is 6.33 Å². The number of aromatic nitrogens is 3. The quantitative estimate of drug-likeness (QED) is 0.519. The number of halogens is 3. The predicted octanol–water partition coefficient (Wildman–Crippen LogP) is 2.43. The van der Waals surface area contributed by atoms with Crippen LogP contribution in [0.4, 0.5) is 18.9 Å². The molecule has 0 aliphatic carbocycles. The zero-order valence-electron chi connectivity index (χ0n) is 17.3. The summed E-state index contributed by atoms with van der Waals surface area (Å²) < 4.78 is 41.4. The molecule has 1 atom stereocenters. The standard InChI is InChI=1S/C21H21F3N6O2/c1-13(14-3-5-15(6-4-14)30-12-25-11-27-30)29(2)10-19(32)26-9-18(31)28-17-8-7-16(22)20(23)21(17)24/h3-8,11-13H,9-10H2,1-2H3,(H,26,32)(H,28,31). The Bertz CT molecular complexity index is 1090. The van der Waals surface area contributed by atoms with Gasteiger partial charge in [0.05, 0.1) is 24.5 Å². The van der Waals surface area contributed by atoms with E-state index in [-0.39, 0.29) is 12.6 Å². The molecule has 2 aromatic carbocycles. The second-order valence-electron chi connectivity index (χ2n) is 7.07. The van der Waals surface area contributed by atoms with Gasteiger partial charge in [0.25, 0.3) is 0 Å². The predicted molar refractivity (Wildman–Crippen MR) is 110 cm³/mol. The highest BCUT2D eigenvalue weighted by atomic mass is 19.2. The Morgan fingerprint density at radius 1 is 1.06 bits per heavy atom. The molecular formula is C21H21F3N6O2. The SMILES string of the molecule is CC(c1ccc(-n2cncn2)cc1)N(C)CC(=O)NCC(=O)Nc1ccc(F)c(F)c1F. The van der Waals surface area contributed by atoms with Gasteiger partial charge >= 0.3 is 0 Å². The number of nitrogens with zero attached hydrogens (tertiary/aromatic N) is 4. The fourth-order valence-corrected chi connectivity index (χ4v) is 2.92. The normalized spacial score (nSPS) is 11.9. The second kappa shape index (κ2) is 10.1. The molecule has 1 heterocycles. The Morgan fingerprint density at radius 3 is 2.44 bits per heavy atom. The van der Waals surface area contributed by atoms with E-state index in [0.717, 1.165) is 17.3 Å². The third kappa shape index (κ3) is 5.49. The lowest BCUT2D eigenvalue weighted by molar-refractivity contribution is -0.125. The maximum absolute atomic E-state index is 13.6. The van der Waals surface area contributed by atoms with Crippen molar-refractivity contribution >= 4 is 17.5 Å². The highest BCUT2D eigenvalue weighted by Gasteiger charge is 2.17. The van der Waals surface area contributed by atoms with Crippen molar-refractivity contribution in [2.45, 2.75) is 13.0 Å². The van der Waals surface area contributed by atoms with Crippen molar-refractivity contribution in [3.05, 3.63) is 72.1 Å². The van der Waals surface area contributed by atoms with Crippen LogP contribution in [0.3, 0.4) is 0 Å². The second-order valence-corrected chi connectivity index (χ2v) is 7.07. The minimum atomic E-state index is -1.68. The van der Waals surface area contributed by atoms with Gasteiger partial charge in [-0.15, -0.1) is 0 Å². The molecule has 1 unspecified atom stereocenters. The van der Waals surface area contributed by atoms with Crippen molar-refractivity contribution in [3.63, 3.8) is 0 Å². The van der Waals surface area contributed by atoms with Gasteiger partial charge in [0.2, 0.25) is 11.8 Å². The van der Waals surface area contributed by atoms with E-state index in [2.05, 4.69) is 20.7 Å². The van der Waals surface area contributed by atoms with Crippen molar-refractivity contribution in [2.24, 2.45) is 0 Å². The first-order valence-corrected chi connectivity index (χ1v) is 9.61. The Morgan fingerprint density at radius 2 is 1.78 bits per heavy atom. The van der Waals surface area contributed by atoms with Gasteiger partial charge in [0.15, 0.2) is 17.5 Å². The van der Waals surface area contributed by atoms with Crippen molar-refractivity contribution in [3.8, 4) is 5.69 Å². The smallest absolute Gasteiger partial charge is 0.243 e. The number of anilines is 1. The van der Waals surface area contributed by atoms with Crippen LogP contribution in [0.5, 0.6) is 0 Å². The Hall–Kier alpha value is -3.73. The molecule has 0 fully saturated rings. The molecule has 168 valence electrons. The van der Waals surface area contributed by atoms with Crippen molar-refractivity contribution in [1.29, 1.82) is 0 Å². The summed E-state index contributed by atoms with van der Waals surface area (Å²) in [6.07, 6.45) is 3.03. The average molecular weight is 446 g/mol. The van der Waals surface area contributed by atoms with Gasteiger partial charge in [-0.2, -0.15) is 5.10 Å². The average Bonchev–Trinajstić information content (AvgIpc) is 3.32. The van der Waals surface area contributed by atoms with Gasteiger partial charge in [0.1, 0.15) is 12.7 Å². The molecule has 8 nitrogen and oxygen atoms in total. The Balaban J connectivity index is 1.49. The third-order valence-corrected chi connectivity index (χ3v) is 4.87. The molecule has 0 radical (unpaired) electrons. The summed E-state index contributed by atoms with van der Waals surface area (Å²) in [5.41, 5.74) is 1.31. The molecule has 3 rings (SSSR count). The summed E-state index contributed by atoms with van der Waals surface area (Å²) in [7, 11) is 1.76. The summed E-state index contributed by atoms with van der Waals surface area (Å²) in [5.74, 6) is -5.76. The first-order valence-electron chi connectivity index (χ1n) is 9.61. The van der Waals surface area contributed by atoms with Crippen LogP contribution >= 0.6 is 0 Å². The lowest BCUT2D eigenvalue weighted by atomic mass is 10.1. The summed E-state index contributed by atoms with van der Waals surface area (Å²) in [5, 5.41) is 8.57. The Kier molecular flexibility index (Phi) is 7.21. The van der Waals surface area contributed by atoms with Gasteiger partial charge in [0, 0.05) is 6.04 Å². The van der Waals surface area contributed by atoms with E-state index in [0.29, 0.717) is 6.07 Å². The number of rotatable bonds is 8. The molecular weight excluding hydrogens is 425 g/mol. The number of likely N-dealkylation sites (N-methyl/N-ethyl adjacent to an activating group) is 1. The highest BCUT2D eigenvalue weighted by Crippen LogP contribution is 2.20. The molecule has 1 aromatic heterocycles. The monoisotopic (exact) mass is 446 g/mol. The summed E-state index contributed by atoms with van der Waals surface area (Å²) >= 11 is 0. The summed E-state index contributed by atoms with van der Waals surface area (Å²) in [4.78, 5) is 29.8. The maximum Gasteiger partial charge on any atom is 0.243 e. The Labute approximate surface area is 182 Å². The van der Waals surface area contributed by atoms with Gasteiger partial charge in [-0.25, -0.2) is 22.8 Å². The lowest BCUT2D eigenvalue weighted by Gasteiger charge is -2.24. The van der Waals surface area contributed by atoms with Crippen LogP contribution in [0.2, 0.25) is 0 Å². The molecule has 32 heavy (non-hydrogen) atoms. The van der Waals surface area contributed by atoms with Gasteiger partial charge < -0.3 is 10.6 Å². The summed E-state index contributed by atoms with van der Waals surface area (Å²) in [6, 6.07) is 9.10. The van der Waals surface area contributed by atoms with E-state index < -0.39 is 41.5 Å². The fourth-order valence-electron chi connectivity index (χ4n) is 2.92. The van der Waals surface area contributed by atoms with Crippen LogP contribution in [0.1, 0.15) is 18.5 Å². The minimum absolute atomic E-state index is 0.00118. The number of hydrogen-bond donors (Lipinski definition) is 2. The number of carbonyl (C=O) groups is 2. The van der Waals surface area contributed by atoms with E-state index in [4.69, 9.17) is 0 Å². The highest BCUT2D eigenvalue weighted by molar-refractivity contribution is 5.94. The topological polar surface area (TPSA) is 92.2 Å². The molecule has 0 aliphatic heterocycles. The molecule has 0 saturated carbocycles. The molecule has 2 amide bonds. The first kappa shape index (κ1) is 22.9. The lowest BCUT2D eigenvalue weighted by Crippen LogP contribution is -2.40. The van der Waals surface area contributed by atoms with Crippen molar-refractivity contribution < 1.29 is 22.8 Å². The molecule has 2 N–H and O–H groups in total. The minimum Gasteiger partial charge on any atom is -0.346 e. The number of nitrogens with one attached hydrogen (secondary N) is 2. The van der Waals surface area contributed by atoms with Gasteiger partial charge in [-0.1, -0.05) is 12.1 Å². The molecule has 0 aliphatic rings. The van der Waals surface area contributed by atoms with Crippen LogP contribution in [0.15, 0.2) is 49.1 Å². The molecule has 0 saturated heterocycles. The van der Waals surface area contributed by atoms with Gasteiger partial charge in [-0.05, 0) is 43.8 Å². The van der Waals surface area contributed by atoms with Crippen molar-refractivity contribution in [1.82, 2.24) is 25.0 Å². The van der Waals surface area contributed by atoms with Crippen LogP contribution < -0.4 is 10.6 Å². The molecule has 11 heteroatoms.